The molecule has 0 bridgehead atoms. The molecule has 0 fully saturated rings. The van der Waals surface area contributed by atoms with Gasteiger partial charge in [0.2, 0.25) is 0 Å². The lowest BCUT2D eigenvalue weighted by Gasteiger charge is -2.02. The Labute approximate surface area is 87.4 Å². The van der Waals surface area contributed by atoms with Gasteiger partial charge in [-0.05, 0) is 23.8 Å². The first-order valence-corrected chi connectivity index (χ1v) is 4.36. The highest BCUT2D eigenvalue weighted by molar-refractivity contribution is 7.80. The smallest absolute Gasteiger partial charge is 0.328 e. The van der Waals surface area contributed by atoms with Crippen molar-refractivity contribution < 1.29 is 14.6 Å². The largest absolute Gasteiger partial charge is 0.497 e. The van der Waals surface area contributed by atoms with E-state index in [4.69, 9.17) is 9.84 Å². The molecule has 0 saturated heterocycles. The van der Waals surface area contributed by atoms with Gasteiger partial charge in [0.25, 0.3) is 0 Å². The van der Waals surface area contributed by atoms with Gasteiger partial charge in [-0.2, -0.15) is 0 Å². The molecule has 0 radical (unpaired) electrons. The summed E-state index contributed by atoms with van der Waals surface area (Å²) in [6.45, 7) is 0. The maximum absolute atomic E-state index is 10.3. The zero-order valence-corrected chi connectivity index (χ0v) is 8.49. The van der Waals surface area contributed by atoms with Gasteiger partial charge in [-0.3, -0.25) is 0 Å². The number of hydrogen-bond acceptors (Lipinski definition) is 3. The zero-order valence-electron chi connectivity index (χ0n) is 7.60. The molecule has 74 valence electrons. The van der Waals surface area contributed by atoms with Gasteiger partial charge < -0.3 is 9.84 Å². The van der Waals surface area contributed by atoms with Crippen LogP contribution in [0, 0.1) is 0 Å². The maximum atomic E-state index is 10.3. The molecule has 3 nitrogen and oxygen atoms in total. The summed E-state index contributed by atoms with van der Waals surface area (Å²) in [5.74, 6) is -0.281. The predicted octanol–water partition coefficient (Wildman–Crippen LogP) is 2.08. The highest BCUT2D eigenvalue weighted by Crippen LogP contribution is 2.21. The summed E-state index contributed by atoms with van der Waals surface area (Å²) in [5, 5.41) is 8.43. The average molecular weight is 210 g/mol. The summed E-state index contributed by atoms with van der Waals surface area (Å²) in [7, 11) is 1.56. The van der Waals surface area contributed by atoms with Crippen LogP contribution < -0.4 is 4.74 Å². The van der Waals surface area contributed by atoms with E-state index in [-0.39, 0.29) is 0 Å². The molecule has 1 N–H and O–H groups in total. The number of benzene rings is 1. The van der Waals surface area contributed by atoms with Crippen LogP contribution in [0.15, 0.2) is 29.2 Å². The van der Waals surface area contributed by atoms with Crippen LogP contribution in [0.4, 0.5) is 0 Å². The summed E-state index contributed by atoms with van der Waals surface area (Å²) in [6, 6.07) is 5.23. The number of hydrogen-bond donors (Lipinski definition) is 2. The van der Waals surface area contributed by atoms with E-state index < -0.39 is 5.97 Å². The van der Waals surface area contributed by atoms with Crippen LogP contribution in [0.25, 0.3) is 6.08 Å². The topological polar surface area (TPSA) is 46.5 Å². The summed E-state index contributed by atoms with van der Waals surface area (Å²) in [4.78, 5) is 11.0. The molecule has 1 aromatic rings. The Morgan fingerprint density at radius 3 is 2.79 bits per heavy atom. The minimum atomic E-state index is -0.978. The molecule has 0 heterocycles. The van der Waals surface area contributed by atoms with E-state index >= 15 is 0 Å². The van der Waals surface area contributed by atoms with Gasteiger partial charge in [0.05, 0.1) is 7.11 Å². The highest BCUT2D eigenvalue weighted by Gasteiger charge is 1.98. The van der Waals surface area contributed by atoms with Crippen molar-refractivity contribution >= 4 is 24.7 Å². The second-order valence-electron chi connectivity index (χ2n) is 2.60. The zero-order chi connectivity index (χ0) is 10.6. The molecular formula is C10H10O3S. The van der Waals surface area contributed by atoms with Crippen molar-refractivity contribution in [3.8, 4) is 5.75 Å². The van der Waals surface area contributed by atoms with Crippen LogP contribution in [0.3, 0.4) is 0 Å². The molecule has 0 aliphatic carbocycles. The van der Waals surface area contributed by atoms with Gasteiger partial charge >= 0.3 is 5.97 Å². The van der Waals surface area contributed by atoms with Gasteiger partial charge in [0, 0.05) is 11.0 Å². The monoisotopic (exact) mass is 210 g/mol. The lowest BCUT2D eigenvalue weighted by atomic mass is 10.2. The number of carbonyl (C=O) groups is 1. The van der Waals surface area contributed by atoms with Crippen molar-refractivity contribution in [1.82, 2.24) is 0 Å². The third-order valence-corrected chi connectivity index (χ3v) is 2.03. The second-order valence-corrected chi connectivity index (χ2v) is 3.08. The van der Waals surface area contributed by atoms with E-state index in [0.717, 1.165) is 11.6 Å². The summed E-state index contributed by atoms with van der Waals surface area (Å²) in [6.07, 6.45) is 2.56. The van der Waals surface area contributed by atoms with E-state index in [1.165, 1.54) is 6.08 Å². The minimum absolute atomic E-state index is 0.682. The number of thiol groups is 1. The first-order chi connectivity index (χ1) is 6.63. The number of ether oxygens (including phenoxy) is 1. The fraction of sp³-hybridized carbons (Fsp3) is 0.100. The van der Waals surface area contributed by atoms with Gasteiger partial charge in [-0.25, -0.2) is 4.79 Å². The fourth-order valence-corrected chi connectivity index (χ4v) is 1.23. The Balaban J connectivity index is 2.94. The first-order valence-electron chi connectivity index (χ1n) is 3.91. The molecule has 0 aliphatic rings. The molecule has 0 unspecified atom stereocenters. The summed E-state index contributed by atoms with van der Waals surface area (Å²) >= 11 is 4.20. The van der Waals surface area contributed by atoms with Crippen LogP contribution in [0.5, 0.6) is 5.75 Å². The molecule has 1 rings (SSSR count). The number of aliphatic carboxylic acids is 1. The molecule has 0 aliphatic heterocycles. The third-order valence-electron chi connectivity index (χ3n) is 1.64. The maximum Gasteiger partial charge on any atom is 0.328 e. The molecule has 0 spiro atoms. The fourth-order valence-electron chi connectivity index (χ4n) is 0.952. The Kier molecular flexibility index (Phi) is 3.59. The van der Waals surface area contributed by atoms with Gasteiger partial charge in [0.15, 0.2) is 0 Å². The summed E-state index contributed by atoms with van der Waals surface area (Å²) < 4.78 is 4.99. The molecule has 1 aromatic carbocycles. The molecule has 0 amide bonds. The van der Waals surface area contributed by atoms with Gasteiger partial charge in [-0.1, -0.05) is 6.07 Å². The molecule has 0 atom stereocenters. The van der Waals surface area contributed by atoms with Crippen LogP contribution in [0.1, 0.15) is 5.56 Å². The van der Waals surface area contributed by atoms with Crippen molar-refractivity contribution in [2.45, 2.75) is 4.90 Å². The lowest BCUT2D eigenvalue weighted by Crippen LogP contribution is -1.87. The Morgan fingerprint density at radius 2 is 2.29 bits per heavy atom. The average Bonchev–Trinajstić information content (AvgIpc) is 2.15. The number of methoxy groups -OCH3 is 1. The van der Waals surface area contributed by atoms with Crippen LogP contribution in [-0.2, 0) is 4.79 Å². The highest BCUT2D eigenvalue weighted by atomic mass is 32.1. The Hall–Kier alpha value is -1.42. The molecule has 14 heavy (non-hydrogen) atoms. The third kappa shape index (κ3) is 2.81. The van der Waals surface area contributed by atoms with E-state index in [9.17, 15) is 4.79 Å². The van der Waals surface area contributed by atoms with E-state index in [1.807, 2.05) is 0 Å². The van der Waals surface area contributed by atoms with Crippen molar-refractivity contribution in [3.63, 3.8) is 0 Å². The van der Waals surface area contributed by atoms with Crippen molar-refractivity contribution in [3.05, 3.63) is 29.8 Å². The first kappa shape index (κ1) is 10.7. The Bertz CT molecular complexity index is 372. The van der Waals surface area contributed by atoms with Crippen LogP contribution >= 0.6 is 12.6 Å². The molecular weight excluding hydrogens is 200 g/mol. The van der Waals surface area contributed by atoms with E-state index in [2.05, 4.69) is 12.6 Å². The van der Waals surface area contributed by atoms with Crippen LogP contribution in [0.2, 0.25) is 0 Å². The predicted molar refractivity (Wildman–Crippen MR) is 56.9 cm³/mol. The number of carboxylic acid groups (broad SMARTS) is 1. The normalized spacial score (nSPS) is 10.4. The second kappa shape index (κ2) is 4.72. The number of rotatable bonds is 3. The Morgan fingerprint density at radius 1 is 1.57 bits per heavy atom. The molecule has 4 heteroatoms. The SMILES string of the molecule is COc1ccc(/C=C/C(=O)O)c(S)c1. The van der Waals surface area contributed by atoms with E-state index in [1.54, 1.807) is 25.3 Å². The minimum Gasteiger partial charge on any atom is -0.497 e. The van der Waals surface area contributed by atoms with Crippen molar-refractivity contribution in [2.24, 2.45) is 0 Å². The molecule has 0 saturated carbocycles. The van der Waals surface area contributed by atoms with E-state index in [0.29, 0.717) is 10.6 Å². The van der Waals surface area contributed by atoms with Gasteiger partial charge in [-0.15, -0.1) is 12.6 Å². The van der Waals surface area contributed by atoms with Crippen molar-refractivity contribution in [2.75, 3.05) is 7.11 Å². The number of carboxylic acids is 1. The quantitative estimate of drug-likeness (QED) is 0.593. The van der Waals surface area contributed by atoms with Gasteiger partial charge in [0.1, 0.15) is 5.75 Å². The standard InChI is InChI=1S/C10H10O3S/c1-13-8-4-2-7(9(14)6-8)3-5-10(11)12/h2-6,14H,1H3,(H,11,12)/b5-3+. The lowest BCUT2D eigenvalue weighted by molar-refractivity contribution is -0.131. The van der Waals surface area contributed by atoms with Crippen molar-refractivity contribution in [1.29, 1.82) is 0 Å². The van der Waals surface area contributed by atoms with Crippen LogP contribution in [-0.4, -0.2) is 18.2 Å². The summed E-state index contributed by atoms with van der Waals surface area (Å²) in [5.41, 5.74) is 0.747. The molecule has 0 aromatic heterocycles.